The first-order valence-electron chi connectivity index (χ1n) is 7.27. The predicted octanol–water partition coefficient (Wildman–Crippen LogP) is 4.16. The van der Waals surface area contributed by atoms with Gasteiger partial charge >= 0.3 is 0 Å². The summed E-state index contributed by atoms with van der Waals surface area (Å²) in [5.74, 6) is 0.760. The number of hydrogen-bond donors (Lipinski definition) is 2. The maximum Gasteiger partial charge on any atom is 0.123 e. The van der Waals surface area contributed by atoms with Gasteiger partial charge in [-0.15, -0.1) is 11.8 Å². The van der Waals surface area contributed by atoms with Gasteiger partial charge in [0.05, 0.1) is 18.9 Å². The number of rotatable bonds is 7. The molecule has 3 nitrogen and oxygen atoms in total. The fourth-order valence-corrected chi connectivity index (χ4v) is 3.06. The number of aliphatic hydroxyl groups excluding tert-OH is 1. The van der Waals surface area contributed by atoms with Crippen molar-refractivity contribution in [1.29, 1.82) is 0 Å². The number of furan rings is 1. The van der Waals surface area contributed by atoms with E-state index in [1.165, 1.54) is 10.5 Å². The first-order valence-corrected chi connectivity index (χ1v) is 8.15. The smallest absolute Gasteiger partial charge is 0.123 e. The van der Waals surface area contributed by atoms with Crippen LogP contribution in [0.4, 0.5) is 0 Å². The molecular weight excluding hydrogens is 282 g/mol. The Morgan fingerprint density at radius 1 is 1.14 bits per heavy atom. The Morgan fingerprint density at radius 3 is 2.38 bits per heavy atom. The minimum atomic E-state index is -0.181. The summed E-state index contributed by atoms with van der Waals surface area (Å²) in [6, 6.07) is 12.3. The lowest BCUT2D eigenvalue weighted by Crippen LogP contribution is -2.27. The van der Waals surface area contributed by atoms with E-state index in [4.69, 9.17) is 4.42 Å². The molecule has 4 heteroatoms. The van der Waals surface area contributed by atoms with Gasteiger partial charge in [-0.2, -0.15) is 0 Å². The normalized spacial score (nSPS) is 14.3. The van der Waals surface area contributed by atoms with Crippen LogP contribution in [0.3, 0.4) is 0 Å². The van der Waals surface area contributed by atoms with Crippen molar-refractivity contribution in [2.24, 2.45) is 0 Å². The van der Waals surface area contributed by atoms with Crippen LogP contribution in [0.1, 0.15) is 44.2 Å². The molecule has 0 aliphatic carbocycles. The summed E-state index contributed by atoms with van der Waals surface area (Å²) in [6.07, 6.45) is 1.63. The SMILES string of the molecule is CC(C)Sc1ccc(C(C)NC(CO)c2ccco2)cc1. The highest BCUT2D eigenvalue weighted by Crippen LogP contribution is 2.25. The molecule has 0 bridgehead atoms. The van der Waals surface area contributed by atoms with Gasteiger partial charge in [0.15, 0.2) is 0 Å². The Morgan fingerprint density at radius 2 is 1.86 bits per heavy atom. The van der Waals surface area contributed by atoms with Crippen LogP contribution in [0.25, 0.3) is 0 Å². The standard InChI is InChI=1S/C17H23NO2S/c1-12(2)21-15-8-6-14(7-9-15)13(3)18-16(11-19)17-5-4-10-20-17/h4-10,12-13,16,18-19H,11H2,1-3H3. The monoisotopic (exact) mass is 305 g/mol. The maximum absolute atomic E-state index is 9.51. The number of thioether (sulfide) groups is 1. The highest BCUT2D eigenvalue weighted by atomic mass is 32.2. The van der Waals surface area contributed by atoms with Crippen LogP contribution in [-0.2, 0) is 0 Å². The zero-order valence-electron chi connectivity index (χ0n) is 12.7. The quantitative estimate of drug-likeness (QED) is 0.754. The Hall–Kier alpha value is -1.23. The summed E-state index contributed by atoms with van der Waals surface area (Å²) in [5.41, 5.74) is 1.20. The second-order valence-electron chi connectivity index (χ2n) is 5.37. The maximum atomic E-state index is 9.51. The third kappa shape index (κ3) is 4.63. The molecule has 2 rings (SSSR count). The lowest BCUT2D eigenvalue weighted by Gasteiger charge is -2.20. The predicted molar refractivity (Wildman–Crippen MR) is 87.5 cm³/mol. The van der Waals surface area contributed by atoms with E-state index in [0.29, 0.717) is 5.25 Å². The zero-order chi connectivity index (χ0) is 15.2. The molecule has 1 aromatic carbocycles. The van der Waals surface area contributed by atoms with Crippen molar-refractivity contribution in [3.63, 3.8) is 0 Å². The molecule has 0 spiro atoms. The second kappa shape index (κ2) is 7.69. The third-order valence-corrected chi connectivity index (χ3v) is 4.29. The molecule has 2 atom stereocenters. The molecule has 0 saturated heterocycles. The molecule has 0 aliphatic rings. The Kier molecular flexibility index (Phi) is 5.91. The molecule has 1 heterocycles. The van der Waals surface area contributed by atoms with Gasteiger partial charge in [-0.3, -0.25) is 5.32 Å². The fraction of sp³-hybridized carbons (Fsp3) is 0.412. The molecule has 2 unspecified atom stereocenters. The lowest BCUT2D eigenvalue weighted by atomic mass is 10.1. The van der Waals surface area contributed by atoms with Gasteiger partial charge in [0.2, 0.25) is 0 Å². The van der Waals surface area contributed by atoms with Gasteiger partial charge in [-0.1, -0.05) is 26.0 Å². The molecule has 21 heavy (non-hydrogen) atoms. The van der Waals surface area contributed by atoms with E-state index in [2.05, 4.69) is 50.4 Å². The summed E-state index contributed by atoms with van der Waals surface area (Å²) in [6.45, 7) is 6.49. The largest absolute Gasteiger partial charge is 0.468 e. The van der Waals surface area contributed by atoms with Gasteiger partial charge in [0.25, 0.3) is 0 Å². The van der Waals surface area contributed by atoms with Crippen LogP contribution in [0, 0.1) is 0 Å². The first-order chi connectivity index (χ1) is 10.1. The van der Waals surface area contributed by atoms with Crippen molar-refractivity contribution in [2.75, 3.05) is 6.61 Å². The molecule has 0 saturated carbocycles. The van der Waals surface area contributed by atoms with Gasteiger partial charge < -0.3 is 9.52 Å². The summed E-state index contributed by atoms with van der Waals surface area (Å²) >= 11 is 1.86. The second-order valence-corrected chi connectivity index (χ2v) is 7.02. The Balaban J connectivity index is 2.00. The molecule has 2 N–H and O–H groups in total. The highest BCUT2D eigenvalue weighted by molar-refractivity contribution is 7.99. The molecule has 0 amide bonds. The van der Waals surface area contributed by atoms with Crippen molar-refractivity contribution in [3.8, 4) is 0 Å². The molecule has 2 aromatic rings. The summed E-state index contributed by atoms with van der Waals surface area (Å²) in [5, 5.41) is 13.5. The van der Waals surface area contributed by atoms with E-state index < -0.39 is 0 Å². The fourth-order valence-electron chi connectivity index (χ4n) is 2.22. The molecule has 1 aromatic heterocycles. The van der Waals surface area contributed by atoms with Crippen LogP contribution >= 0.6 is 11.8 Å². The van der Waals surface area contributed by atoms with Crippen LogP contribution in [0.15, 0.2) is 52.0 Å². The molecular formula is C17H23NO2S. The molecule has 0 aliphatic heterocycles. The number of benzene rings is 1. The average molecular weight is 305 g/mol. The minimum absolute atomic E-state index is 0.0130. The Bertz CT molecular complexity index is 522. The van der Waals surface area contributed by atoms with Crippen molar-refractivity contribution in [2.45, 2.75) is 43.0 Å². The van der Waals surface area contributed by atoms with Gasteiger partial charge in [-0.05, 0) is 36.8 Å². The topological polar surface area (TPSA) is 45.4 Å². The van der Waals surface area contributed by atoms with E-state index in [9.17, 15) is 5.11 Å². The summed E-state index contributed by atoms with van der Waals surface area (Å²) in [7, 11) is 0. The zero-order valence-corrected chi connectivity index (χ0v) is 13.6. The van der Waals surface area contributed by atoms with Crippen LogP contribution in [-0.4, -0.2) is 17.0 Å². The lowest BCUT2D eigenvalue weighted by molar-refractivity contribution is 0.217. The van der Waals surface area contributed by atoms with E-state index in [-0.39, 0.29) is 18.7 Å². The average Bonchev–Trinajstić information content (AvgIpc) is 2.98. The highest BCUT2D eigenvalue weighted by Gasteiger charge is 2.16. The van der Waals surface area contributed by atoms with Crippen LogP contribution in [0.2, 0.25) is 0 Å². The first kappa shape index (κ1) is 16.1. The third-order valence-electron chi connectivity index (χ3n) is 3.27. The van der Waals surface area contributed by atoms with Crippen molar-refractivity contribution >= 4 is 11.8 Å². The van der Waals surface area contributed by atoms with Gasteiger partial charge in [0.1, 0.15) is 5.76 Å². The van der Waals surface area contributed by atoms with Crippen molar-refractivity contribution < 1.29 is 9.52 Å². The van der Waals surface area contributed by atoms with Crippen molar-refractivity contribution in [3.05, 3.63) is 54.0 Å². The van der Waals surface area contributed by atoms with E-state index in [1.807, 2.05) is 23.9 Å². The summed E-state index contributed by atoms with van der Waals surface area (Å²) in [4.78, 5) is 1.28. The number of nitrogens with one attached hydrogen (secondary N) is 1. The van der Waals surface area contributed by atoms with E-state index in [0.717, 1.165) is 5.76 Å². The summed E-state index contributed by atoms with van der Waals surface area (Å²) < 4.78 is 5.36. The van der Waals surface area contributed by atoms with Crippen molar-refractivity contribution in [1.82, 2.24) is 5.32 Å². The van der Waals surface area contributed by atoms with Gasteiger partial charge in [0, 0.05) is 16.2 Å². The van der Waals surface area contributed by atoms with E-state index >= 15 is 0 Å². The molecule has 114 valence electrons. The minimum Gasteiger partial charge on any atom is -0.468 e. The van der Waals surface area contributed by atoms with Crippen LogP contribution < -0.4 is 5.32 Å². The van der Waals surface area contributed by atoms with Gasteiger partial charge in [-0.25, -0.2) is 0 Å². The Labute approximate surface area is 130 Å². The molecule has 0 radical (unpaired) electrons. The van der Waals surface area contributed by atoms with Crippen LogP contribution in [0.5, 0.6) is 0 Å². The molecule has 0 fully saturated rings. The van der Waals surface area contributed by atoms with E-state index in [1.54, 1.807) is 6.26 Å². The number of aliphatic hydroxyl groups is 1. The number of hydrogen-bond acceptors (Lipinski definition) is 4.